The van der Waals surface area contributed by atoms with Crippen LogP contribution >= 0.6 is 11.9 Å². The molecule has 108 valence electrons. The van der Waals surface area contributed by atoms with Crippen molar-refractivity contribution in [2.75, 3.05) is 26.5 Å². The van der Waals surface area contributed by atoms with Crippen molar-refractivity contribution in [3.05, 3.63) is 0 Å². The van der Waals surface area contributed by atoms with Crippen molar-refractivity contribution >= 4 is 17.9 Å². The molecule has 3 fully saturated rings. The van der Waals surface area contributed by atoms with Gasteiger partial charge in [-0.05, 0) is 38.4 Å². The first-order valence-corrected chi connectivity index (χ1v) is 8.55. The fraction of sp³-hybridized carbons (Fsp3) is 0.929. The number of hydrogen-bond acceptors (Lipinski definition) is 4. The van der Waals surface area contributed by atoms with E-state index in [-0.39, 0.29) is 5.92 Å². The molecule has 2 unspecified atom stereocenters. The van der Waals surface area contributed by atoms with Gasteiger partial charge in [0.25, 0.3) is 0 Å². The number of nitrogens with zero attached hydrogens (tertiary/aromatic N) is 2. The van der Waals surface area contributed by atoms with Crippen LogP contribution in [0.1, 0.15) is 32.1 Å². The number of rotatable bonds is 3. The van der Waals surface area contributed by atoms with Crippen LogP contribution in [0.4, 0.5) is 0 Å². The molecule has 1 aliphatic carbocycles. The molecular formula is C14H24N2O2S. The first kappa shape index (κ1) is 13.7. The lowest BCUT2D eigenvalue weighted by Gasteiger charge is -2.56. The lowest BCUT2D eigenvalue weighted by molar-refractivity contribution is -0.156. The van der Waals surface area contributed by atoms with Crippen LogP contribution in [0.25, 0.3) is 0 Å². The van der Waals surface area contributed by atoms with Gasteiger partial charge in [0.2, 0.25) is 5.91 Å². The molecule has 0 N–H and O–H groups in total. The summed E-state index contributed by atoms with van der Waals surface area (Å²) in [6, 6.07) is 0.970. The zero-order chi connectivity index (χ0) is 13.4. The Balaban J connectivity index is 1.55. The Labute approximate surface area is 120 Å². The number of ether oxygens (including phenoxy) is 1. The van der Waals surface area contributed by atoms with Crippen LogP contribution in [0.2, 0.25) is 0 Å². The highest BCUT2D eigenvalue weighted by Gasteiger charge is 2.48. The van der Waals surface area contributed by atoms with E-state index < -0.39 is 0 Å². The number of carbonyl (C=O) groups excluding carboxylic acids is 1. The van der Waals surface area contributed by atoms with Gasteiger partial charge in [-0.2, -0.15) is 0 Å². The maximum absolute atomic E-state index is 12.6. The van der Waals surface area contributed by atoms with E-state index in [9.17, 15) is 4.79 Å². The Kier molecular flexibility index (Phi) is 4.06. The number of fused-ring (bicyclic) bond motifs is 2. The molecule has 2 bridgehead atoms. The molecule has 1 amide bonds. The minimum Gasteiger partial charge on any atom is -0.381 e. The van der Waals surface area contributed by atoms with E-state index in [0.29, 0.717) is 24.1 Å². The number of piperazine rings is 1. The summed E-state index contributed by atoms with van der Waals surface area (Å²) < 4.78 is 7.78. The molecule has 0 aromatic heterocycles. The van der Waals surface area contributed by atoms with Crippen molar-refractivity contribution in [2.45, 2.75) is 50.3 Å². The predicted molar refractivity (Wildman–Crippen MR) is 76.9 cm³/mol. The van der Waals surface area contributed by atoms with Crippen LogP contribution < -0.4 is 0 Å². The van der Waals surface area contributed by atoms with Gasteiger partial charge in [-0.25, -0.2) is 4.31 Å². The van der Waals surface area contributed by atoms with E-state index in [4.69, 9.17) is 4.74 Å². The number of hydrogen-bond donors (Lipinski definition) is 0. The molecule has 0 radical (unpaired) electrons. The van der Waals surface area contributed by atoms with Crippen molar-refractivity contribution < 1.29 is 9.53 Å². The Morgan fingerprint density at radius 2 is 1.79 bits per heavy atom. The third-order valence-corrected chi connectivity index (χ3v) is 5.84. The Morgan fingerprint density at radius 1 is 1.16 bits per heavy atom. The van der Waals surface area contributed by atoms with Crippen molar-refractivity contribution in [1.82, 2.24) is 9.21 Å². The molecule has 0 spiro atoms. The molecule has 3 aliphatic rings. The highest BCUT2D eigenvalue weighted by molar-refractivity contribution is 7.96. The van der Waals surface area contributed by atoms with Gasteiger partial charge >= 0.3 is 0 Å². The Morgan fingerprint density at radius 3 is 2.32 bits per heavy atom. The number of likely N-dealkylation sites (tertiary alicyclic amines) is 1. The van der Waals surface area contributed by atoms with E-state index in [1.165, 1.54) is 6.42 Å². The van der Waals surface area contributed by atoms with Crippen molar-refractivity contribution in [3.63, 3.8) is 0 Å². The third kappa shape index (κ3) is 2.52. The Bertz CT molecular complexity index is 332. The van der Waals surface area contributed by atoms with Crippen LogP contribution in [0, 0.1) is 5.92 Å². The fourth-order valence-corrected chi connectivity index (χ4v) is 4.48. The smallest absolute Gasteiger partial charge is 0.226 e. The molecule has 5 heteroatoms. The average Bonchev–Trinajstić information content (AvgIpc) is 2.47. The van der Waals surface area contributed by atoms with Crippen LogP contribution in [0.15, 0.2) is 0 Å². The molecule has 4 nitrogen and oxygen atoms in total. The van der Waals surface area contributed by atoms with Crippen molar-refractivity contribution in [1.29, 1.82) is 0 Å². The van der Waals surface area contributed by atoms with Gasteiger partial charge in [0.05, 0.1) is 6.10 Å². The minimum atomic E-state index is 0.262. The lowest BCUT2D eigenvalue weighted by atomic mass is 9.82. The van der Waals surface area contributed by atoms with E-state index in [1.54, 1.807) is 7.11 Å². The van der Waals surface area contributed by atoms with Crippen LogP contribution in [-0.2, 0) is 9.53 Å². The summed E-state index contributed by atoms with van der Waals surface area (Å²) in [5.74, 6) is 0.689. The molecule has 0 aromatic carbocycles. The van der Waals surface area contributed by atoms with Crippen molar-refractivity contribution in [3.8, 4) is 0 Å². The second-order valence-electron chi connectivity index (χ2n) is 6.03. The first-order chi connectivity index (χ1) is 9.22. The molecule has 0 aromatic rings. The number of methoxy groups -OCH3 is 1. The van der Waals surface area contributed by atoms with Crippen molar-refractivity contribution in [2.24, 2.45) is 5.92 Å². The van der Waals surface area contributed by atoms with Gasteiger partial charge in [-0.1, -0.05) is 11.9 Å². The summed E-state index contributed by atoms with van der Waals surface area (Å²) in [5, 5.41) is 0. The summed E-state index contributed by atoms with van der Waals surface area (Å²) in [5.41, 5.74) is 0. The van der Waals surface area contributed by atoms with Gasteiger partial charge in [-0.15, -0.1) is 0 Å². The molecule has 2 heterocycles. The Hall–Kier alpha value is -0.260. The second kappa shape index (κ2) is 5.62. The van der Waals surface area contributed by atoms with E-state index in [1.807, 2.05) is 11.9 Å². The number of carbonyl (C=O) groups is 1. The summed E-state index contributed by atoms with van der Waals surface area (Å²) in [4.78, 5) is 14.8. The van der Waals surface area contributed by atoms with Gasteiger partial charge in [-0.3, -0.25) is 4.79 Å². The molecule has 19 heavy (non-hydrogen) atoms. The number of amides is 1. The molecule has 3 rings (SSSR count). The van der Waals surface area contributed by atoms with E-state index in [0.717, 1.165) is 38.8 Å². The summed E-state index contributed by atoms with van der Waals surface area (Å²) in [6.45, 7) is 2.10. The summed E-state index contributed by atoms with van der Waals surface area (Å²) in [7, 11) is 1.78. The molecule has 1 saturated carbocycles. The topological polar surface area (TPSA) is 32.8 Å². The third-order valence-electron chi connectivity index (χ3n) is 5.03. The van der Waals surface area contributed by atoms with Crippen LogP contribution in [0.3, 0.4) is 0 Å². The largest absolute Gasteiger partial charge is 0.381 e. The highest BCUT2D eigenvalue weighted by atomic mass is 32.2. The number of piperidine rings is 1. The summed E-state index contributed by atoms with van der Waals surface area (Å²) >= 11 is 1.81. The van der Waals surface area contributed by atoms with Crippen LogP contribution in [0.5, 0.6) is 0 Å². The monoisotopic (exact) mass is 284 g/mol. The molecule has 2 atom stereocenters. The SMILES string of the molecule is COC1CCC(C(=O)N2C3CC2CN(SC)C3)CC1. The molecule has 2 saturated heterocycles. The van der Waals surface area contributed by atoms with Gasteiger partial charge < -0.3 is 9.64 Å². The standard InChI is InChI=1S/C14H24N2O2S/c1-18-13-5-3-10(4-6-13)14(17)16-11-7-12(16)9-15(8-11)19-2/h10-13H,3-9H2,1-2H3. The van der Waals surface area contributed by atoms with Gasteiger partial charge in [0.1, 0.15) is 0 Å². The molecular weight excluding hydrogens is 260 g/mol. The van der Waals surface area contributed by atoms with Crippen LogP contribution in [-0.4, -0.2) is 59.8 Å². The quantitative estimate of drug-likeness (QED) is 0.739. The highest BCUT2D eigenvalue weighted by Crippen LogP contribution is 2.38. The van der Waals surface area contributed by atoms with E-state index in [2.05, 4.69) is 15.5 Å². The zero-order valence-corrected chi connectivity index (χ0v) is 12.7. The molecule has 2 aliphatic heterocycles. The second-order valence-corrected chi connectivity index (χ2v) is 6.91. The lowest BCUT2D eigenvalue weighted by Crippen LogP contribution is -2.69. The first-order valence-electron chi connectivity index (χ1n) is 7.37. The normalized spacial score (nSPS) is 38.9. The maximum atomic E-state index is 12.6. The zero-order valence-electron chi connectivity index (χ0n) is 11.9. The average molecular weight is 284 g/mol. The maximum Gasteiger partial charge on any atom is 0.226 e. The summed E-state index contributed by atoms with van der Waals surface area (Å²) in [6.07, 6.45) is 7.85. The van der Waals surface area contributed by atoms with Gasteiger partial charge in [0, 0.05) is 38.2 Å². The fourth-order valence-electron chi connectivity index (χ4n) is 3.84. The predicted octanol–water partition coefficient (Wildman–Crippen LogP) is 1.75. The minimum absolute atomic E-state index is 0.262. The van der Waals surface area contributed by atoms with Gasteiger partial charge in [0.15, 0.2) is 0 Å². The van der Waals surface area contributed by atoms with E-state index >= 15 is 0 Å².